The molecule has 0 radical (unpaired) electrons. The van der Waals surface area contributed by atoms with Crippen LogP contribution in [-0.2, 0) is 14.8 Å². The molecule has 1 aliphatic carbocycles. The summed E-state index contributed by atoms with van der Waals surface area (Å²) in [6.45, 7) is 2.02. The van der Waals surface area contributed by atoms with Crippen LogP contribution in [0.1, 0.15) is 32.6 Å². The Morgan fingerprint density at radius 1 is 1.13 bits per heavy atom. The molecule has 1 amide bonds. The van der Waals surface area contributed by atoms with Gasteiger partial charge in [0, 0.05) is 18.7 Å². The quantitative estimate of drug-likeness (QED) is 0.613. The summed E-state index contributed by atoms with van der Waals surface area (Å²) < 4.78 is 27.2. The first-order chi connectivity index (χ1) is 14.8. The highest BCUT2D eigenvalue weighted by Crippen LogP contribution is 2.25. The highest BCUT2D eigenvalue weighted by Gasteiger charge is 2.26. The molecule has 0 saturated heterocycles. The molecule has 0 spiro atoms. The summed E-state index contributed by atoms with van der Waals surface area (Å²) in [6.07, 6.45) is 4.08. The number of sulfonamides is 1. The Balaban J connectivity index is 1.47. The van der Waals surface area contributed by atoms with Gasteiger partial charge in [0.25, 0.3) is 0 Å². The van der Waals surface area contributed by atoms with E-state index in [-0.39, 0.29) is 23.4 Å². The van der Waals surface area contributed by atoms with Gasteiger partial charge in [-0.05, 0) is 49.8 Å². The van der Waals surface area contributed by atoms with Crippen LogP contribution in [0.25, 0.3) is 22.4 Å². The van der Waals surface area contributed by atoms with Gasteiger partial charge < -0.3 is 10.3 Å². The van der Waals surface area contributed by atoms with Gasteiger partial charge in [-0.1, -0.05) is 37.3 Å². The van der Waals surface area contributed by atoms with E-state index in [0.29, 0.717) is 22.8 Å². The normalized spacial score (nSPS) is 19.6. The highest BCUT2D eigenvalue weighted by atomic mass is 32.2. The van der Waals surface area contributed by atoms with Gasteiger partial charge in [-0.15, -0.1) is 0 Å². The summed E-state index contributed by atoms with van der Waals surface area (Å²) in [5, 5.41) is 2.98. The molecule has 2 N–H and O–H groups in total. The summed E-state index contributed by atoms with van der Waals surface area (Å²) in [6, 6.07) is 14.6. The zero-order chi connectivity index (χ0) is 22.0. The summed E-state index contributed by atoms with van der Waals surface area (Å²) >= 11 is 0. The largest absolute Gasteiger partial charge is 0.352 e. The van der Waals surface area contributed by atoms with Crippen LogP contribution in [0.4, 0.5) is 0 Å². The van der Waals surface area contributed by atoms with Crippen molar-refractivity contribution >= 4 is 27.0 Å². The molecule has 0 atom stereocenters. The van der Waals surface area contributed by atoms with E-state index in [1.165, 1.54) is 13.1 Å². The van der Waals surface area contributed by atoms with Gasteiger partial charge in [0.1, 0.15) is 5.82 Å². The number of benzene rings is 2. The lowest BCUT2D eigenvalue weighted by molar-refractivity contribution is -0.122. The molecule has 4 rings (SSSR count). The fraction of sp³-hybridized carbons (Fsp3) is 0.391. The molecule has 1 aromatic heterocycles. The second-order valence-corrected chi connectivity index (χ2v) is 10.5. The minimum absolute atomic E-state index is 0.130. The highest BCUT2D eigenvalue weighted by molar-refractivity contribution is 7.89. The van der Waals surface area contributed by atoms with Crippen LogP contribution in [0.5, 0.6) is 0 Å². The third-order valence-electron chi connectivity index (χ3n) is 5.96. The van der Waals surface area contributed by atoms with Crippen LogP contribution in [0.2, 0.25) is 0 Å². The van der Waals surface area contributed by atoms with Crippen molar-refractivity contribution in [3.8, 4) is 11.4 Å². The average molecular weight is 441 g/mol. The number of likely N-dealkylation sites (N-methyl/N-ethyl adjacent to an activating group) is 1. The first-order valence-corrected chi connectivity index (χ1v) is 12.1. The van der Waals surface area contributed by atoms with E-state index in [0.717, 1.165) is 35.6 Å². The van der Waals surface area contributed by atoms with Gasteiger partial charge in [-0.25, -0.2) is 13.4 Å². The number of nitrogens with zero attached hydrogens (tertiary/aromatic N) is 2. The Kier molecular flexibility index (Phi) is 6.11. The number of hydrogen-bond acceptors (Lipinski definition) is 4. The van der Waals surface area contributed by atoms with E-state index in [2.05, 4.69) is 22.2 Å². The Labute approximate surface area is 182 Å². The zero-order valence-corrected chi connectivity index (χ0v) is 18.7. The molecule has 164 valence electrons. The molecule has 1 aliphatic rings. The Bertz CT molecular complexity index is 1170. The summed E-state index contributed by atoms with van der Waals surface area (Å²) in [7, 11) is -2.37. The van der Waals surface area contributed by atoms with Crippen molar-refractivity contribution in [1.82, 2.24) is 19.6 Å². The van der Waals surface area contributed by atoms with Crippen LogP contribution in [-0.4, -0.2) is 48.2 Å². The molecule has 1 saturated carbocycles. The number of fused-ring (bicyclic) bond motifs is 1. The van der Waals surface area contributed by atoms with E-state index in [1.54, 1.807) is 12.1 Å². The summed E-state index contributed by atoms with van der Waals surface area (Å²) in [5.41, 5.74) is 2.24. The van der Waals surface area contributed by atoms with Crippen LogP contribution in [0, 0.1) is 5.92 Å². The number of hydrogen-bond donors (Lipinski definition) is 2. The lowest BCUT2D eigenvalue weighted by atomic mass is 9.87. The Morgan fingerprint density at radius 2 is 1.84 bits per heavy atom. The van der Waals surface area contributed by atoms with Gasteiger partial charge in [0.15, 0.2) is 0 Å². The monoisotopic (exact) mass is 440 g/mol. The van der Waals surface area contributed by atoms with E-state index in [4.69, 9.17) is 0 Å². The van der Waals surface area contributed by atoms with Gasteiger partial charge in [-0.2, -0.15) is 4.31 Å². The Hall–Kier alpha value is -2.71. The van der Waals surface area contributed by atoms with Crippen LogP contribution in [0.15, 0.2) is 53.4 Å². The molecule has 0 bridgehead atoms. The molecule has 2 aromatic carbocycles. The number of carbonyl (C=O) groups excluding carboxylic acids is 1. The number of rotatable bonds is 6. The maximum atomic E-state index is 13.0. The zero-order valence-electron chi connectivity index (χ0n) is 17.8. The Morgan fingerprint density at radius 3 is 2.55 bits per heavy atom. The smallest absolute Gasteiger partial charge is 0.243 e. The van der Waals surface area contributed by atoms with Crippen molar-refractivity contribution < 1.29 is 13.2 Å². The van der Waals surface area contributed by atoms with Crippen molar-refractivity contribution in [2.75, 3.05) is 13.6 Å². The minimum atomic E-state index is -3.81. The number of aromatic amines is 1. The SMILES string of the molecule is CC1CCC(NC(=O)CN(C)S(=O)(=O)c2ccc3nc(-c4ccccc4)[nH]c3c2)CC1. The number of carbonyl (C=O) groups is 1. The predicted octanol–water partition coefficient (Wildman–Crippen LogP) is 3.55. The van der Waals surface area contributed by atoms with E-state index in [9.17, 15) is 13.2 Å². The maximum Gasteiger partial charge on any atom is 0.243 e. The standard InChI is InChI=1S/C23H28N4O3S/c1-16-8-10-18(11-9-16)24-22(28)15-27(2)31(29,30)19-12-13-20-21(14-19)26-23(25-20)17-6-4-3-5-7-17/h3-7,12-14,16,18H,8-11,15H2,1-2H3,(H,24,28)(H,25,26). The van der Waals surface area contributed by atoms with Crippen LogP contribution >= 0.6 is 0 Å². The van der Waals surface area contributed by atoms with E-state index < -0.39 is 10.0 Å². The van der Waals surface area contributed by atoms with Gasteiger partial charge in [0.2, 0.25) is 15.9 Å². The van der Waals surface area contributed by atoms with Gasteiger partial charge in [0.05, 0.1) is 22.5 Å². The van der Waals surface area contributed by atoms with Crippen LogP contribution in [0.3, 0.4) is 0 Å². The van der Waals surface area contributed by atoms with Crippen molar-refractivity contribution in [3.05, 3.63) is 48.5 Å². The third kappa shape index (κ3) is 4.80. The van der Waals surface area contributed by atoms with Crippen molar-refractivity contribution in [2.45, 2.75) is 43.5 Å². The number of imidazole rings is 1. The third-order valence-corrected chi connectivity index (χ3v) is 7.76. The summed E-state index contributed by atoms with van der Waals surface area (Å²) in [5.74, 6) is 1.11. The molecule has 0 aliphatic heterocycles. The molecule has 7 nitrogen and oxygen atoms in total. The maximum absolute atomic E-state index is 13.0. The fourth-order valence-electron chi connectivity index (χ4n) is 4.03. The van der Waals surface area contributed by atoms with E-state index >= 15 is 0 Å². The first kappa shape index (κ1) is 21.5. The molecule has 1 heterocycles. The number of amides is 1. The first-order valence-electron chi connectivity index (χ1n) is 10.6. The fourth-order valence-corrected chi connectivity index (χ4v) is 5.18. The second-order valence-electron chi connectivity index (χ2n) is 8.42. The minimum Gasteiger partial charge on any atom is -0.352 e. The molecule has 8 heteroatoms. The predicted molar refractivity (Wildman–Crippen MR) is 121 cm³/mol. The lowest BCUT2D eigenvalue weighted by Gasteiger charge is -2.27. The van der Waals surface area contributed by atoms with Crippen molar-refractivity contribution in [1.29, 1.82) is 0 Å². The second kappa shape index (κ2) is 8.80. The molecule has 31 heavy (non-hydrogen) atoms. The van der Waals surface area contributed by atoms with Gasteiger partial charge >= 0.3 is 0 Å². The number of H-pyrrole nitrogens is 1. The molecule has 0 unspecified atom stereocenters. The van der Waals surface area contributed by atoms with Crippen molar-refractivity contribution in [2.24, 2.45) is 5.92 Å². The van der Waals surface area contributed by atoms with Crippen LogP contribution < -0.4 is 5.32 Å². The van der Waals surface area contributed by atoms with E-state index in [1.807, 2.05) is 30.3 Å². The van der Waals surface area contributed by atoms with Gasteiger partial charge in [-0.3, -0.25) is 4.79 Å². The summed E-state index contributed by atoms with van der Waals surface area (Å²) in [4.78, 5) is 20.3. The van der Waals surface area contributed by atoms with Crippen molar-refractivity contribution in [3.63, 3.8) is 0 Å². The molecular weight excluding hydrogens is 412 g/mol. The lowest BCUT2D eigenvalue weighted by Crippen LogP contribution is -2.43. The molecule has 3 aromatic rings. The molecule has 1 fully saturated rings. The average Bonchev–Trinajstić information content (AvgIpc) is 3.19. The molecular formula is C23H28N4O3S. The number of aromatic nitrogens is 2. The topological polar surface area (TPSA) is 95.2 Å². The number of nitrogens with one attached hydrogen (secondary N) is 2.